The largest absolute Gasteiger partial charge is 0.333 e. The summed E-state index contributed by atoms with van der Waals surface area (Å²) in [5, 5.41) is 0.851. The van der Waals surface area contributed by atoms with E-state index in [1.807, 2.05) is 6.92 Å². The van der Waals surface area contributed by atoms with Crippen molar-refractivity contribution in [2.24, 2.45) is 5.92 Å². The minimum Gasteiger partial charge on any atom is -0.333 e. The Labute approximate surface area is 105 Å². The normalized spacial score (nSPS) is 19.2. The highest BCUT2D eigenvalue weighted by Gasteiger charge is 2.32. The summed E-state index contributed by atoms with van der Waals surface area (Å²) in [5.74, 6) is -0.295. The molecule has 1 aliphatic rings. The summed E-state index contributed by atoms with van der Waals surface area (Å²) in [6.07, 6.45) is 0.900. The van der Waals surface area contributed by atoms with Gasteiger partial charge in [0.15, 0.2) is 0 Å². The predicted molar refractivity (Wildman–Crippen MR) is 66.4 cm³/mol. The molecular weight excluding hydrogens is 272 g/mol. The second-order valence-corrected chi connectivity index (χ2v) is 4.95. The maximum atomic E-state index is 11.8. The highest BCUT2D eigenvalue weighted by Crippen LogP contribution is 2.10. The van der Waals surface area contributed by atoms with E-state index in [0.717, 1.165) is 11.8 Å². The summed E-state index contributed by atoms with van der Waals surface area (Å²) in [5.41, 5.74) is 0. The van der Waals surface area contributed by atoms with Gasteiger partial charge in [0.1, 0.15) is 0 Å². The standard InChI is InChI=1S/C11H19BrN2O2/c1-3-4-13-5-6-14(8-9(2)7-12)11(16)10(13)15/h9H,3-8H2,1-2H3. The van der Waals surface area contributed by atoms with E-state index in [0.29, 0.717) is 32.1 Å². The molecule has 0 bridgehead atoms. The van der Waals surface area contributed by atoms with E-state index >= 15 is 0 Å². The fourth-order valence-corrected chi connectivity index (χ4v) is 2.00. The van der Waals surface area contributed by atoms with Crippen LogP contribution in [0.4, 0.5) is 0 Å². The van der Waals surface area contributed by atoms with Crippen LogP contribution < -0.4 is 0 Å². The van der Waals surface area contributed by atoms with Crippen LogP contribution in [0, 0.1) is 5.92 Å². The maximum Gasteiger partial charge on any atom is 0.312 e. The summed E-state index contributed by atoms with van der Waals surface area (Å²) in [6, 6.07) is 0. The maximum absolute atomic E-state index is 11.8. The molecule has 1 unspecified atom stereocenters. The molecule has 92 valence electrons. The van der Waals surface area contributed by atoms with Crippen LogP contribution in [0.5, 0.6) is 0 Å². The van der Waals surface area contributed by atoms with Gasteiger partial charge in [-0.25, -0.2) is 0 Å². The first kappa shape index (κ1) is 13.5. The first-order chi connectivity index (χ1) is 7.60. The highest BCUT2D eigenvalue weighted by molar-refractivity contribution is 9.09. The Kier molecular flexibility index (Phi) is 5.25. The van der Waals surface area contributed by atoms with Gasteiger partial charge in [-0.15, -0.1) is 0 Å². The third kappa shape index (κ3) is 3.20. The van der Waals surface area contributed by atoms with E-state index in [-0.39, 0.29) is 11.8 Å². The number of hydrogen-bond acceptors (Lipinski definition) is 2. The molecule has 0 aliphatic carbocycles. The lowest BCUT2D eigenvalue weighted by Gasteiger charge is -2.34. The van der Waals surface area contributed by atoms with Crippen LogP contribution in [-0.2, 0) is 9.59 Å². The molecule has 1 aliphatic heterocycles. The van der Waals surface area contributed by atoms with Gasteiger partial charge in [0.2, 0.25) is 0 Å². The van der Waals surface area contributed by atoms with Gasteiger partial charge < -0.3 is 9.80 Å². The second kappa shape index (κ2) is 6.23. The molecule has 0 N–H and O–H groups in total. The van der Waals surface area contributed by atoms with E-state index in [9.17, 15) is 9.59 Å². The van der Waals surface area contributed by atoms with Crippen LogP contribution in [0.1, 0.15) is 20.3 Å². The minimum absolute atomic E-state index is 0.338. The van der Waals surface area contributed by atoms with Crippen LogP contribution in [0.25, 0.3) is 0 Å². The number of hydrogen-bond donors (Lipinski definition) is 0. The first-order valence-corrected chi connectivity index (χ1v) is 6.86. The smallest absolute Gasteiger partial charge is 0.312 e. The Morgan fingerprint density at radius 1 is 1.25 bits per heavy atom. The molecule has 2 amide bonds. The number of halogens is 1. The number of nitrogens with zero attached hydrogens (tertiary/aromatic N) is 2. The van der Waals surface area contributed by atoms with E-state index in [1.54, 1.807) is 9.80 Å². The van der Waals surface area contributed by atoms with Crippen molar-refractivity contribution in [2.45, 2.75) is 20.3 Å². The van der Waals surface area contributed by atoms with Crippen molar-refractivity contribution < 1.29 is 9.59 Å². The lowest BCUT2D eigenvalue weighted by molar-refractivity contribution is -0.156. The Balaban J connectivity index is 2.54. The van der Waals surface area contributed by atoms with Gasteiger partial charge in [-0.2, -0.15) is 0 Å². The molecule has 1 saturated heterocycles. The zero-order valence-electron chi connectivity index (χ0n) is 9.91. The quantitative estimate of drug-likeness (QED) is 0.562. The monoisotopic (exact) mass is 290 g/mol. The number of alkyl halides is 1. The number of amides is 2. The molecule has 0 aromatic rings. The fourth-order valence-electron chi connectivity index (χ4n) is 1.80. The average Bonchev–Trinajstić information content (AvgIpc) is 2.28. The molecule has 0 saturated carbocycles. The van der Waals surface area contributed by atoms with Gasteiger partial charge in [-0.1, -0.05) is 29.8 Å². The lowest BCUT2D eigenvalue weighted by atomic mass is 10.2. The van der Waals surface area contributed by atoms with Gasteiger partial charge in [0.25, 0.3) is 0 Å². The predicted octanol–water partition coefficient (Wildman–Crippen LogP) is 1.10. The Morgan fingerprint density at radius 2 is 1.81 bits per heavy atom. The zero-order chi connectivity index (χ0) is 12.1. The van der Waals surface area contributed by atoms with Crippen molar-refractivity contribution in [2.75, 3.05) is 31.5 Å². The van der Waals surface area contributed by atoms with Crippen LogP contribution in [-0.4, -0.2) is 53.1 Å². The Hall–Kier alpha value is -0.580. The molecule has 0 aromatic carbocycles. The topological polar surface area (TPSA) is 40.6 Å². The van der Waals surface area contributed by atoms with Gasteiger partial charge >= 0.3 is 11.8 Å². The Morgan fingerprint density at radius 3 is 2.38 bits per heavy atom. The summed E-state index contributed by atoms with van der Waals surface area (Å²) in [4.78, 5) is 26.8. The Bertz CT molecular complexity index is 271. The van der Waals surface area contributed by atoms with Crippen LogP contribution >= 0.6 is 15.9 Å². The third-order valence-corrected chi connectivity index (χ3v) is 3.79. The highest BCUT2D eigenvalue weighted by atomic mass is 79.9. The molecule has 0 radical (unpaired) electrons. The van der Waals surface area contributed by atoms with E-state index in [4.69, 9.17) is 0 Å². The number of carbonyl (C=O) groups is 2. The molecule has 1 atom stereocenters. The van der Waals surface area contributed by atoms with Crippen molar-refractivity contribution >= 4 is 27.7 Å². The van der Waals surface area contributed by atoms with Gasteiger partial charge in [-0.05, 0) is 12.3 Å². The fraction of sp³-hybridized carbons (Fsp3) is 0.818. The van der Waals surface area contributed by atoms with Crippen molar-refractivity contribution in [3.05, 3.63) is 0 Å². The first-order valence-electron chi connectivity index (χ1n) is 5.74. The minimum atomic E-state index is -0.340. The summed E-state index contributed by atoms with van der Waals surface area (Å²) >= 11 is 3.38. The van der Waals surface area contributed by atoms with Crippen LogP contribution in [0.2, 0.25) is 0 Å². The van der Waals surface area contributed by atoms with Crippen LogP contribution in [0.15, 0.2) is 0 Å². The lowest BCUT2D eigenvalue weighted by Crippen LogP contribution is -2.55. The molecule has 5 heteroatoms. The average molecular weight is 291 g/mol. The second-order valence-electron chi connectivity index (χ2n) is 4.30. The van der Waals surface area contributed by atoms with E-state index in [2.05, 4.69) is 22.9 Å². The van der Waals surface area contributed by atoms with E-state index < -0.39 is 0 Å². The van der Waals surface area contributed by atoms with Gasteiger partial charge in [0.05, 0.1) is 0 Å². The van der Waals surface area contributed by atoms with Gasteiger partial charge in [0, 0.05) is 31.5 Å². The van der Waals surface area contributed by atoms with Crippen molar-refractivity contribution in [1.29, 1.82) is 0 Å². The molecular formula is C11H19BrN2O2. The number of rotatable bonds is 5. The molecule has 1 rings (SSSR count). The number of piperazine rings is 1. The van der Waals surface area contributed by atoms with Crippen molar-refractivity contribution in [1.82, 2.24) is 9.80 Å². The van der Waals surface area contributed by atoms with Gasteiger partial charge in [-0.3, -0.25) is 9.59 Å². The van der Waals surface area contributed by atoms with Crippen molar-refractivity contribution in [3.8, 4) is 0 Å². The third-order valence-electron chi connectivity index (χ3n) is 2.69. The molecule has 16 heavy (non-hydrogen) atoms. The summed E-state index contributed by atoms with van der Waals surface area (Å²) in [7, 11) is 0. The summed E-state index contributed by atoms with van der Waals surface area (Å²) < 4.78 is 0. The zero-order valence-corrected chi connectivity index (χ0v) is 11.5. The van der Waals surface area contributed by atoms with E-state index in [1.165, 1.54) is 0 Å². The molecule has 0 aromatic heterocycles. The molecule has 0 spiro atoms. The van der Waals surface area contributed by atoms with Crippen molar-refractivity contribution in [3.63, 3.8) is 0 Å². The number of carbonyl (C=O) groups excluding carboxylic acids is 2. The SMILES string of the molecule is CCCN1CCN(CC(C)CBr)C(=O)C1=O. The molecule has 1 fully saturated rings. The molecule has 4 nitrogen and oxygen atoms in total. The molecule has 1 heterocycles. The summed E-state index contributed by atoms with van der Waals surface area (Å²) in [6.45, 7) is 6.76. The van der Waals surface area contributed by atoms with Crippen LogP contribution in [0.3, 0.4) is 0 Å².